The Hall–Kier alpha value is -2.88. The maximum absolute atomic E-state index is 13.2. The first-order valence-electron chi connectivity index (χ1n) is 9.09. The Morgan fingerprint density at radius 2 is 1.62 bits per heavy atom. The largest absolute Gasteiger partial charge is 0.341 e. The maximum Gasteiger partial charge on any atom is 0.234 e. The molecule has 0 spiro atoms. The van der Waals surface area contributed by atoms with Crippen molar-refractivity contribution in [3.05, 3.63) is 90.0 Å². The van der Waals surface area contributed by atoms with Gasteiger partial charge in [-0.3, -0.25) is 4.79 Å². The quantitative estimate of drug-likeness (QED) is 0.710. The number of benzene rings is 2. The van der Waals surface area contributed by atoms with Crippen molar-refractivity contribution in [1.82, 2.24) is 14.5 Å². The fourth-order valence-electron chi connectivity index (χ4n) is 3.69. The minimum absolute atomic E-state index is 0.195. The second-order valence-electron chi connectivity index (χ2n) is 6.99. The van der Waals surface area contributed by atoms with Crippen LogP contribution in [0, 0.1) is 12.8 Å². The number of carbonyl (C=O) groups is 1. The first-order chi connectivity index (χ1) is 12.7. The van der Waals surface area contributed by atoms with Gasteiger partial charge < -0.3 is 9.47 Å². The van der Waals surface area contributed by atoms with Crippen molar-refractivity contribution < 1.29 is 4.79 Å². The van der Waals surface area contributed by atoms with Crippen molar-refractivity contribution in [3.63, 3.8) is 0 Å². The van der Waals surface area contributed by atoms with Gasteiger partial charge in [-0.25, -0.2) is 4.98 Å². The number of nitrogens with zero attached hydrogens (tertiary/aromatic N) is 3. The molecule has 1 fully saturated rings. The van der Waals surface area contributed by atoms with Gasteiger partial charge in [0.05, 0.1) is 5.92 Å². The van der Waals surface area contributed by atoms with Crippen LogP contribution < -0.4 is 0 Å². The van der Waals surface area contributed by atoms with E-state index in [2.05, 4.69) is 9.55 Å². The molecule has 4 rings (SSSR count). The Bertz CT molecular complexity index is 827. The van der Waals surface area contributed by atoms with Crippen molar-refractivity contribution in [2.75, 3.05) is 13.1 Å². The second-order valence-corrected chi connectivity index (χ2v) is 6.99. The molecule has 0 radical (unpaired) electrons. The number of likely N-dealkylation sites (tertiary alicyclic amines) is 1. The number of rotatable bonds is 5. The molecule has 0 unspecified atom stereocenters. The third-order valence-electron chi connectivity index (χ3n) is 5.16. The molecule has 1 aliphatic rings. The van der Waals surface area contributed by atoms with Crippen LogP contribution in [0.5, 0.6) is 0 Å². The van der Waals surface area contributed by atoms with E-state index in [0.29, 0.717) is 5.92 Å². The van der Waals surface area contributed by atoms with Crippen LogP contribution >= 0.6 is 0 Å². The van der Waals surface area contributed by atoms with E-state index in [0.717, 1.165) is 36.6 Å². The summed E-state index contributed by atoms with van der Waals surface area (Å²) in [4.78, 5) is 19.5. The molecule has 1 aliphatic heterocycles. The number of hydrogen-bond acceptors (Lipinski definition) is 2. The predicted molar refractivity (Wildman–Crippen MR) is 102 cm³/mol. The Balaban J connectivity index is 1.49. The third kappa shape index (κ3) is 3.27. The van der Waals surface area contributed by atoms with E-state index in [9.17, 15) is 4.79 Å². The number of imidazole rings is 1. The Labute approximate surface area is 154 Å². The van der Waals surface area contributed by atoms with Crippen LogP contribution in [0.3, 0.4) is 0 Å². The van der Waals surface area contributed by atoms with Gasteiger partial charge in [0.25, 0.3) is 0 Å². The van der Waals surface area contributed by atoms with Crippen LogP contribution in [0.15, 0.2) is 73.1 Å². The predicted octanol–water partition coefficient (Wildman–Crippen LogP) is 3.48. The lowest BCUT2D eigenvalue weighted by Crippen LogP contribution is -2.53. The first-order valence-corrected chi connectivity index (χ1v) is 9.09. The minimum atomic E-state index is -0.228. The molecule has 0 bridgehead atoms. The van der Waals surface area contributed by atoms with E-state index in [4.69, 9.17) is 0 Å². The normalized spacial score (nSPS) is 14.5. The van der Waals surface area contributed by atoms with E-state index < -0.39 is 0 Å². The summed E-state index contributed by atoms with van der Waals surface area (Å²) in [5.74, 6) is 1.50. The zero-order valence-electron chi connectivity index (χ0n) is 15.0. The summed E-state index contributed by atoms with van der Waals surface area (Å²) in [6, 6.07) is 20.1. The molecule has 1 saturated heterocycles. The minimum Gasteiger partial charge on any atom is -0.341 e. The van der Waals surface area contributed by atoms with Gasteiger partial charge >= 0.3 is 0 Å². The lowest BCUT2D eigenvalue weighted by Gasteiger charge is -2.41. The Morgan fingerprint density at radius 1 is 1.04 bits per heavy atom. The molecule has 1 amide bonds. The molecule has 2 aromatic carbocycles. The fourth-order valence-corrected chi connectivity index (χ4v) is 3.69. The molecule has 0 saturated carbocycles. The molecule has 4 nitrogen and oxygen atoms in total. The summed E-state index contributed by atoms with van der Waals surface area (Å²) in [6.07, 6.45) is 3.84. The van der Waals surface area contributed by atoms with Gasteiger partial charge in [-0.15, -0.1) is 0 Å². The number of hydrogen-bond donors (Lipinski definition) is 0. The molecule has 1 aromatic heterocycles. The van der Waals surface area contributed by atoms with Crippen LogP contribution in [0.2, 0.25) is 0 Å². The standard InChI is InChI=1S/C22H23N3O/c1-17-23-12-13-24(17)14-18-15-25(16-18)22(26)21(19-8-4-2-5-9-19)20-10-6-3-7-11-20/h2-13,18,21H,14-16H2,1H3. The lowest BCUT2D eigenvalue weighted by atomic mass is 9.87. The molecule has 26 heavy (non-hydrogen) atoms. The fraction of sp³-hybridized carbons (Fsp3) is 0.273. The molecule has 3 aromatic rings. The SMILES string of the molecule is Cc1nccn1CC1CN(C(=O)C(c2ccccc2)c2ccccc2)C1. The van der Waals surface area contributed by atoms with E-state index in [1.54, 1.807) is 0 Å². The van der Waals surface area contributed by atoms with E-state index >= 15 is 0 Å². The molecular weight excluding hydrogens is 322 g/mol. The second kappa shape index (κ2) is 7.16. The van der Waals surface area contributed by atoms with Crippen LogP contribution in [0.4, 0.5) is 0 Å². The number of amides is 1. The third-order valence-corrected chi connectivity index (χ3v) is 5.16. The summed E-state index contributed by atoms with van der Waals surface area (Å²) in [5.41, 5.74) is 2.11. The van der Waals surface area contributed by atoms with Gasteiger partial charge in [-0.2, -0.15) is 0 Å². The maximum atomic E-state index is 13.2. The van der Waals surface area contributed by atoms with Gasteiger partial charge in [0.2, 0.25) is 5.91 Å². The number of aromatic nitrogens is 2. The average molecular weight is 345 g/mol. The first kappa shape index (κ1) is 16.6. The van der Waals surface area contributed by atoms with Crippen LogP contribution in [-0.4, -0.2) is 33.4 Å². The van der Waals surface area contributed by atoms with Crippen LogP contribution in [-0.2, 0) is 11.3 Å². The molecule has 4 heteroatoms. The molecular formula is C22H23N3O. The van der Waals surface area contributed by atoms with Crippen molar-refractivity contribution >= 4 is 5.91 Å². The van der Waals surface area contributed by atoms with Gasteiger partial charge in [0.1, 0.15) is 5.82 Å². The smallest absolute Gasteiger partial charge is 0.234 e. The lowest BCUT2D eigenvalue weighted by molar-refractivity contribution is -0.138. The highest BCUT2D eigenvalue weighted by atomic mass is 16.2. The zero-order chi connectivity index (χ0) is 17.9. The molecule has 0 atom stereocenters. The summed E-state index contributed by atoms with van der Waals surface area (Å²) in [7, 11) is 0. The van der Waals surface area contributed by atoms with E-state index in [-0.39, 0.29) is 11.8 Å². The van der Waals surface area contributed by atoms with Gasteiger partial charge in [-0.1, -0.05) is 60.7 Å². The van der Waals surface area contributed by atoms with Crippen molar-refractivity contribution in [2.24, 2.45) is 5.92 Å². The van der Waals surface area contributed by atoms with E-state index in [1.165, 1.54) is 0 Å². The van der Waals surface area contributed by atoms with Crippen molar-refractivity contribution in [1.29, 1.82) is 0 Å². The monoisotopic (exact) mass is 345 g/mol. The molecule has 132 valence electrons. The van der Waals surface area contributed by atoms with Crippen molar-refractivity contribution in [3.8, 4) is 0 Å². The summed E-state index contributed by atoms with van der Waals surface area (Å²) < 4.78 is 2.17. The Kier molecular flexibility index (Phi) is 4.57. The average Bonchev–Trinajstić information content (AvgIpc) is 3.04. The zero-order valence-corrected chi connectivity index (χ0v) is 15.0. The van der Waals surface area contributed by atoms with Crippen molar-refractivity contribution in [2.45, 2.75) is 19.4 Å². The summed E-state index contributed by atoms with van der Waals surface area (Å²) >= 11 is 0. The van der Waals surface area contributed by atoms with Gasteiger partial charge in [0.15, 0.2) is 0 Å². The van der Waals surface area contributed by atoms with Gasteiger partial charge in [-0.05, 0) is 18.1 Å². The summed E-state index contributed by atoms with van der Waals surface area (Å²) in [6.45, 7) is 4.57. The van der Waals surface area contributed by atoms with Crippen LogP contribution in [0.1, 0.15) is 22.9 Å². The molecule has 0 N–H and O–H groups in total. The Morgan fingerprint density at radius 3 is 2.12 bits per heavy atom. The highest BCUT2D eigenvalue weighted by molar-refractivity contribution is 5.87. The van der Waals surface area contributed by atoms with Gasteiger partial charge in [0, 0.05) is 37.9 Å². The summed E-state index contributed by atoms with van der Waals surface area (Å²) in [5, 5.41) is 0. The number of carbonyl (C=O) groups excluding carboxylic acids is 1. The highest BCUT2D eigenvalue weighted by Gasteiger charge is 2.35. The number of aryl methyl sites for hydroxylation is 1. The molecule has 2 heterocycles. The topological polar surface area (TPSA) is 38.1 Å². The van der Waals surface area contributed by atoms with Crippen LogP contribution in [0.25, 0.3) is 0 Å². The molecule has 0 aliphatic carbocycles. The highest BCUT2D eigenvalue weighted by Crippen LogP contribution is 2.30. The van der Waals surface area contributed by atoms with E-state index in [1.807, 2.05) is 84.9 Å².